The first kappa shape index (κ1) is 11.3. The third-order valence-electron chi connectivity index (χ3n) is 3.49. The van der Waals surface area contributed by atoms with Gasteiger partial charge in [0.05, 0.1) is 0 Å². The maximum Gasteiger partial charge on any atom is 0.132 e. The SMILES string of the molecule is Cc1ccc(F)c(-c2nc(C3CC3)n(C)c2N)c1. The number of benzene rings is 1. The Labute approximate surface area is 105 Å². The van der Waals surface area contributed by atoms with Crippen molar-refractivity contribution in [1.29, 1.82) is 0 Å². The smallest absolute Gasteiger partial charge is 0.132 e. The van der Waals surface area contributed by atoms with E-state index in [0.717, 1.165) is 24.2 Å². The number of nitrogen functional groups attached to an aromatic ring is 1. The van der Waals surface area contributed by atoms with Crippen molar-refractivity contribution in [1.82, 2.24) is 9.55 Å². The van der Waals surface area contributed by atoms with Gasteiger partial charge in [0.25, 0.3) is 0 Å². The molecule has 18 heavy (non-hydrogen) atoms. The van der Waals surface area contributed by atoms with Crippen molar-refractivity contribution in [2.24, 2.45) is 7.05 Å². The molecule has 0 atom stereocenters. The molecule has 0 unspecified atom stereocenters. The van der Waals surface area contributed by atoms with E-state index in [9.17, 15) is 4.39 Å². The average Bonchev–Trinajstić information content (AvgIpc) is 3.13. The third-order valence-corrected chi connectivity index (χ3v) is 3.49. The molecule has 1 aliphatic rings. The summed E-state index contributed by atoms with van der Waals surface area (Å²) in [7, 11) is 1.90. The quantitative estimate of drug-likeness (QED) is 0.883. The van der Waals surface area contributed by atoms with Crippen LogP contribution in [0.5, 0.6) is 0 Å². The highest BCUT2D eigenvalue weighted by molar-refractivity contribution is 5.72. The number of nitrogens with two attached hydrogens (primary N) is 1. The van der Waals surface area contributed by atoms with Crippen molar-refractivity contribution in [3.05, 3.63) is 35.4 Å². The summed E-state index contributed by atoms with van der Waals surface area (Å²) >= 11 is 0. The second-order valence-electron chi connectivity index (χ2n) is 5.02. The Morgan fingerprint density at radius 1 is 1.39 bits per heavy atom. The summed E-state index contributed by atoms with van der Waals surface area (Å²) in [6.45, 7) is 1.93. The molecule has 1 aliphatic carbocycles. The molecule has 3 rings (SSSR count). The van der Waals surface area contributed by atoms with E-state index in [0.29, 0.717) is 23.0 Å². The van der Waals surface area contributed by atoms with Crippen LogP contribution in [0.15, 0.2) is 18.2 Å². The number of halogens is 1. The fraction of sp³-hybridized carbons (Fsp3) is 0.357. The van der Waals surface area contributed by atoms with Gasteiger partial charge in [0.15, 0.2) is 0 Å². The topological polar surface area (TPSA) is 43.8 Å². The zero-order chi connectivity index (χ0) is 12.9. The molecule has 1 fully saturated rings. The predicted octanol–water partition coefficient (Wildman–Crippen LogP) is 2.99. The lowest BCUT2D eigenvalue weighted by atomic mass is 10.1. The summed E-state index contributed by atoms with van der Waals surface area (Å²) < 4.78 is 15.8. The minimum absolute atomic E-state index is 0.271. The monoisotopic (exact) mass is 245 g/mol. The van der Waals surface area contributed by atoms with Gasteiger partial charge < -0.3 is 10.3 Å². The highest BCUT2D eigenvalue weighted by atomic mass is 19.1. The van der Waals surface area contributed by atoms with Gasteiger partial charge in [-0.1, -0.05) is 11.6 Å². The van der Waals surface area contributed by atoms with Crippen LogP contribution in [0.1, 0.15) is 30.1 Å². The first-order valence-electron chi connectivity index (χ1n) is 6.16. The lowest BCUT2D eigenvalue weighted by Gasteiger charge is -2.03. The number of imidazole rings is 1. The van der Waals surface area contributed by atoms with Crippen LogP contribution in [-0.2, 0) is 7.05 Å². The van der Waals surface area contributed by atoms with Crippen LogP contribution >= 0.6 is 0 Å². The van der Waals surface area contributed by atoms with Gasteiger partial charge in [-0.05, 0) is 31.9 Å². The van der Waals surface area contributed by atoms with Gasteiger partial charge in [0.1, 0.15) is 23.2 Å². The minimum atomic E-state index is -0.271. The summed E-state index contributed by atoms with van der Waals surface area (Å²) in [5.41, 5.74) is 8.12. The Balaban J connectivity index is 2.16. The van der Waals surface area contributed by atoms with Crippen molar-refractivity contribution in [2.45, 2.75) is 25.7 Å². The number of nitrogens with zero attached hydrogens (tertiary/aromatic N) is 2. The average molecular weight is 245 g/mol. The number of rotatable bonds is 2. The lowest BCUT2D eigenvalue weighted by Crippen LogP contribution is -2.00. The fourth-order valence-corrected chi connectivity index (χ4v) is 2.25. The summed E-state index contributed by atoms with van der Waals surface area (Å²) in [6, 6.07) is 5.01. The number of anilines is 1. The fourth-order valence-electron chi connectivity index (χ4n) is 2.25. The van der Waals surface area contributed by atoms with E-state index in [1.807, 2.05) is 18.5 Å². The molecule has 1 aromatic heterocycles. The predicted molar refractivity (Wildman–Crippen MR) is 69.7 cm³/mol. The number of hydrogen-bond acceptors (Lipinski definition) is 2. The molecule has 3 nitrogen and oxygen atoms in total. The van der Waals surface area contributed by atoms with Crippen LogP contribution in [0, 0.1) is 12.7 Å². The van der Waals surface area contributed by atoms with Gasteiger partial charge in [0.2, 0.25) is 0 Å². The second-order valence-corrected chi connectivity index (χ2v) is 5.02. The molecular formula is C14H16FN3. The number of hydrogen-bond donors (Lipinski definition) is 1. The zero-order valence-electron chi connectivity index (χ0n) is 10.6. The largest absolute Gasteiger partial charge is 0.383 e. The van der Waals surface area contributed by atoms with Gasteiger partial charge in [-0.2, -0.15) is 0 Å². The Morgan fingerprint density at radius 3 is 2.78 bits per heavy atom. The molecule has 0 aliphatic heterocycles. The van der Waals surface area contributed by atoms with Gasteiger partial charge in [-0.3, -0.25) is 0 Å². The van der Waals surface area contributed by atoms with Crippen LogP contribution in [0.25, 0.3) is 11.3 Å². The van der Waals surface area contributed by atoms with E-state index in [1.165, 1.54) is 6.07 Å². The molecule has 1 saturated carbocycles. The van der Waals surface area contributed by atoms with E-state index in [1.54, 1.807) is 12.1 Å². The highest BCUT2D eigenvalue weighted by Crippen LogP contribution is 2.42. The second kappa shape index (κ2) is 3.83. The van der Waals surface area contributed by atoms with E-state index in [4.69, 9.17) is 5.73 Å². The molecular weight excluding hydrogens is 229 g/mol. The summed E-state index contributed by atoms with van der Waals surface area (Å²) in [5, 5.41) is 0. The van der Waals surface area contributed by atoms with Crippen LogP contribution in [0.3, 0.4) is 0 Å². The van der Waals surface area contributed by atoms with Crippen molar-refractivity contribution in [2.75, 3.05) is 5.73 Å². The molecule has 4 heteroatoms. The Morgan fingerprint density at radius 2 is 2.11 bits per heavy atom. The van der Waals surface area contributed by atoms with Gasteiger partial charge >= 0.3 is 0 Å². The molecule has 0 spiro atoms. The lowest BCUT2D eigenvalue weighted by molar-refractivity contribution is 0.630. The first-order chi connectivity index (χ1) is 8.58. The van der Waals surface area contributed by atoms with Crippen LogP contribution in [-0.4, -0.2) is 9.55 Å². The Hall–Kier alpha value is -1.84. The first-order valence-corrected chi connectivity index (χ1v) is 6.16. The summed E-state index contributed by atoms with van der Waals surface area (Å²) in [5.74, 6) is 1.75. The van der Waals surface area contributed by atoms with Gasteiger partial charge in [-0.25, -0.2) is 9.37 Å². The molecule has 0 radical (unpaired) electrons. The Kier molecular flexibility index (Phi) is 2.40. The van der Waals surface area contributed by atoms with E-state index in [-0.39, 0.29) is 5.82 Å². The molecule has 0 saturated heterocycles. The van der Waals surface area contributed by atoms with E-state index >= 15 is 0 Å². The molecule has 94 valence electrons. The molecule has 1 heterocycles. The molecule has 1 aromatic carbocycles. The number of aromatic nitrogens is 2. The normalized spacial score (nSPS) is 15.1. The van der Waals surface area contributed by atoms with Crippen molar-refractivity contribution < 1.29 is 4.39 Å². The highest BCUT2D eigenvalue weighted by Gasteiger charge is 2.30. The maximum atomic E-state index is 13.9. The van der Waals surface area contributed by atoms with Crippen LogP contribution in [0.2, 0.25) is 0 Å². The standard InChI is InChI=1S/C14H16FN3/c1-8-3-6-11(15)10(7-8)12-13(16)18(2)14(17-12)9-4-5-9/h3,6-7,9H,4-5,16H2,1-2H3. The molecule has 0 amide bonds. The zero-order valence-corrected chi connectivity index (χ0v) is 10.6. The molecule has 0 bridgehead atoms. The maximum absolute atomic E-state index is 13.9. The number of aryl methyl sites for hydroxylation is 1. The summed E-state index contributed by atoms with van der Waals surface area (Å²) in [6.07, 6.45) is 2.31. The summed E-state index contributed by atoms with van der Waals surface area (Å²) in [4.78, 5) is 4.54. The van der Waals surface area contributed by atoms with Crippen LogP contribution < -0.4 is 5.73 Å². The molecule has 2 aromatic rings. The van der Waals surface area contributed by atoms with Crippen molar-refractivity contribution in [3.63, 3.8) is 0 Å². The van der Waals surface area contributed by atoms with Crippen molar-refractivity contribution >= 4 is 5.82 Å². The van der Waals surface area contributed by atoms with Gasteiger partial charge in [-0.15, -0.1) is 0 Å². The van der Waals surface area contributed by atoms with E-state index in [2.05, 4.69) is 4.98 Å². The molecule has 2 N–H and O–H groups in total. The van der Waals surface area contributed by atoms with Crippen molar-refractivity contribution in [3.8, 4) is 11.3 Å². The van der Waals surface area contributed by atoms with E-state index < -0.39 is 0 Å². The Bertz CT molecular complexity index is 612. The van der Waals surface area contributed by atoms with Crippen LogP contribution in [0.4, 0.5) is 10.2 Å². The van der Waals surface area contributed by atoms with Gasteiger partial charge in [0, 0.05) is 18.5 Å². The minimum Gasteiger partial charge on any atom is -0.383 e. The third kappa shape index (κ3) is 1.68.